The van der Waals surface area contributed by atoms with E-state index >= 15 is 0 Å². The predicted molar refractivity (Wildman–Crippen MR) is 126 cm³/mol. The second-order valence-corrected chi connectivity index (χ2v) is 7.66. The number of aryl methyl sites for hydroxylation is 1. The molecule has 0 bridgehead atoms. The fraction of sp³-hybridized carbons (Fsp3) is 0.259. The number of nitrogens with one attached hydrogen (secondary N) is 2. The lowest BCUT2D eigenvalue weighted by Crippen LogP contribution is -2.46. The summed E-state index contributed by atoms with van der Waals surface area (Å²) in [6.45, 7) is 4.08. The Labute approximate surface area is 184 Å². The van der Waals surface area contributed by atoms with Gasteiger partial charge in [0.1, 0.15) is 6.04 Å². The van der Waals surface area contributed by atoms with Gasteiger partial charge in [0.25, 0.3) is 0 Å². The van der Waals surface area contributed by atoms with Crippen molar-refractivity contribution in [1.29, 1.82) is 0 Å². The molecule has 0 fully saturated rings. The molecule has 3 aromatic rings. The molecule has 2 amide bonds. The van der Waals surface area contributed by atoms with Crippen molar-refractivity contribution in [2.24, 2.45) is 0 Å². The SMILES string of the molecule is CCc1ccc(NC(=O)C(Cc2ccccc2)NC(=O)C(CC)c2ccccc2)cc1. The molecule has 4 heteroatoms. The Bertz CT molecular complexity index is 969. The van der Waals surface area contributed by atoms with Gasteiger partial charge in [-0.1, -0.05) is 86.6 Å². The quantitative estimate of drug-likeness (QED) is 0.511. The molecule has 2 unspecified atom stereocenters. The molecule has 2 atom stereocenters. The minimum atomic E-state index is -0.668. The molecule has 31 heavy (non-hydrogen) atoms. The average molecular weight is 415 g/mol. The molecule has 2 N–H and O–H groups in total. The Kier molecular flexibility index (Phi) is 7.99. The highest BCUT2D eigenvalue weighted by atomic mass is 16.2. The summed E-state index contributed by atoms with van der Waals surface area (Å²) in [5.74, 6) is -0.647. The third-order valence-corrected chi connectivity index (χ3v) is 5.47. The van der Waals surface area contributed by atoms with E-state index in [1.807, 2.05) is 91.9 Å². The zero-order valence-electron chi connectivity index (χ0n) is 18.2. The highest BCUT2D eigenvalue weighted by Crippen LogP contribution is 2.20. The van der Waals surface area contributed by atoms with E-state index in [2.05, 4.69) is 17.6 Å². The van der Waals surface area contributed by atoms with Gasteiger partial charge in [-0.2, -0.15) is 0 Å². The molecule has 4 nitrogen and oxygen atoms in total. The van der Waals surface area contributed by atoms with E-state index in [9.17, 15) is 9.59 Å². The first kappa shape index (κ1) is 22.3. The number of carbonyl (C=O) groups excluding carboxylic acids is 2. The zero-order valence-corrected chi connectivity index (χ0v) is 18.2. The van der Waals surface area contributed by atoms with Crippen LogP contribution < -0.4 is 10.6 Å². The molecule has 0 aromatic heterocycles. The molecule has 0 saturated heterocycles. The van der Waals surface area contributed by atoms with Crippen LogP contribution in [0.5, 0.6) is 0 Å². The van der Waals surface area contributed by atoms with Gasteiger partial charge in [0.2, 0.25) is 11.8 Å². The first-order valence-electron chi connectivity index (χ1n) is 10.9. The molecule has 0 heterocycles. The Balaban J connectivity index is 1.77. The van der Waals surface area contributed by atoms with E-state index in [0.717, 1.165) is 23.2 Å². The van der Waals surface area contributed by atoms with Crippen molar-refractivity contribution in [3.05, 3.63) is 102 Å². The van der Waals surface area contributed by atoms with Crippen LogP contribution in [-0.4, -0.2) is 17.9 Å². The van der Waals surface area contributed by atoms with Gasteiger partial charge in [-0.3, -0.25) is 9.59 Å². The molecule has 3 rings (SSSR count). The third-order valence-electron chi connectivity index (χ3n) is 5.47. The topological polar surface area (TPSA) is 58.2 Å². The summed E-state index contributed by atoms with van der Waals surface area (Å²) in [7, 11) is 0. The zero-order chi connectivity index (χ0) is 22.1. The van der Waals surface area contributed by atoms with Crippen molar-refractivity contribution >= 4 is 17.5 Å². The van der Waals surface area contributed by atoms with Crippen LogP contribution in [0.3, 0.4) is 0 Å². The van der Waals surface area contributed by atoms with Crippen LogP contribution in [0.25, 0.3) is 0 Å². The highest BCUT2D eigenvalue weighted by Gasteiger charge is 2.26. The molecule has 160 valence electrons. The van der Waals surface area contributed by atoms with E-state index < -0.39 is 6.04 Å². The van der Waals surface area contributed by atoms with E-state index in [1.54, 1.807) is 0 Å². The number of anilines is 1. The maximum atomic E-state index is 13.1. The molecule has 0 aliphatic heterocycles. The van der Waals surface area contributed by atoms with Crippen molar-refractivity contribution in [2.75, 3.05) is 5.32 Å². The van der Waals surface area contributed by atoms with Crippen molar-refractivity contribution in [1.82, 2.24) is 5.32 Å². The monoisotopic (exact) mass is 414 g/mol. The summed E-state index contributed by atoms with van der Waals surface area (Å²) < 4.78 is 0. The second kappa shape index (κ2) is 11.1. The van der Waals surface area contributed by atoms with Gasteiger partial charge in [0.05, 0.1) is 5.92 Å². The first-order valence-corrected chi connectivity index (χ1v) is 10.9. The Morgan fingerprint density at radius 1 is 0.742 bits per heavy atom. The average Bonchev–Trinajstić information content (AvgIpc) is 2.81. The van der Waals surface area contributed by atoms with Crippen LogP contribution in [0, 0.1) is 0 Å². The minimum absolute atomic E-state index is 0.133. The van der Waals surface area contributed by atoms with Crippen LogP contribution in [0.1, 0.15) is 42.9 Å². The van der Waals surface area contributed by atoms with Crippen LogP contribution >= 0.6 is 0 Å². The number of amides is 2. The van der Waals surface area contributed by atoms with Crippen LogP contribution in [0.15, 0.2) is 84.9 Å². The standard InChI is InChI=1S/C27H30N2O2/c1-3-20-15-17-23(18-16-20)28-27(31)25(19-21-11-7-5-8-12-21)29-26(30)24(4-2)22-13-9-6-10-14-22/h5-18,24-25H,3-4,19H2,1-2H3,(H,28,31)(H,29,30). The van der Waals surface area contributed by atoms with Gasteiger partial charge >= 0.3 is 0 Å². The summed E-state index contributed by atoms with van der Waals surface area (Å²) in [5.41, 5.74) is 3.89. The van der Waals surface area contributed by atoms with Crippen LogP contribution in [0.2, 0.25) is 0 Å². The van der Waals surface area contributed by atoms with Crippen molar-refractivity contribution in [2.45, 2.75) is 45.1 Å². The normalized spacial score (nSPS) is 12.6. The Morgan fingerprint density at radius 2 is 1.35 bits per heavy atom. The van der Waals surface area contributed by atoms with E-state index in [-0.39, 0.29) is 17.7 Å². The van der Waals surface area contributed by atoms with E-state index in [1.165, 1.54) is 5.56 Å². The molecule has 0 radical (unpaired) electrons. The summed E-state index contributed by atoms with van der Waals surface area (Å²) in [6, 6.07) is 26.6. The smallest absolute Gasteiger partial charge is 0.247 e. The first-order chi connectivity index (χ1) is 15.1. The molecule has 0 saturated carbocycles. The number of hydrogen-bond donors (Lipinski definition) is 2. The van der Waals surface area contributed by atoms with E-state index in [4.69, 9.17) is 0 Å². The van der Waals surface area contributed by atoms with Crippen molar-refractivity contribution in [3.63, 3.8) is 0 Å². The maximum absolute atomic E-state index is 13.1. The molecule has 3 aromatic carbocycles. The summed E-state index contributed by atoms with van der Waals surface area (Å²) in [5, 5.41) is 5.97. The van der Waals surface area contributed by atoms with Crippen molar-refractivity contribution < 1.29 is 9.59 Å². The second-order valence-electron chi connectivity index (χ2n) is 7.66. The van der Waals surface area contributed by atoms with Gasteiger partial charge in [-0.25, -0.2) is 0 Å². The Morgan fingerprint density at radius 3 is 1.94 bits per heavy atom. The fourth-order valence-electron chi connectivity index (χ4n) is 3.64. The van der Waals surface area contributed by atoms with E-state index in [0.29, 0.717) is 12.8 Å². The Hall–Kier alpha value is -3.40. The van der Waals surface area contributed by atoms with Gasteiger partial charge in [0.15, 0.2) is 0 Å². The number of benzene rings is 3. The van der Waals surface area contributed by atoms with Crippen LogP contribution in [0.4, 0.5) is 5.69 Å². The molecule has 0 aliphatic rings. The predicted octanol–water partition coefficient (Wildman–Crippen LogP) is 5.11. The van der Waals surface area contributed by atoms with Gasteiger partial charge < -0.3 is 10.6 Å². The largest absolute Gasteiger partial charge is 0.343 e. The van der Waals surface area contributed by atoms with Gasteiger partial charge in [0, 0.05) is 12.1 Å². The van der Waals surface area contributed by atoms with Gasteiger partial charge in [-0.15, -0.1) is 0 Å². The highest BCUT2D eigenvalue weighted by molar-refractivity contribution is 5.98. The minimum Gasteiger partial charge on any atom is -0.343 e. The maximum Gasteiger partial charge on any atom is 0.247 e. The number of carbonyl (C=O) groups is 2. The molecule has 0 aliphatic carbocycles. The summed E-state index contributed by atoms with van der Waals surface area (Å²) in [4.78, 5) is 26.3. The fourth-order valence-corrected chi connectivity index (χ4v) is 3.64. The van der Waals surface area contributed by atoms with Gasteiger partial charge in [-0.05, 0) is 41.7 Å². The van der Waals surface area contributed by atoms with Crippen molar-refractivity contribution in [3.8, 4) is 0 Å². The molecular weight excluding hydrogens is 384 g/mol. The number of hydrogen-bond acceptors (Lipinski definition) is 2. The lowest BCUT2D eigenvalue weighted by Gasteiger charge is -2.22. The molecular formula is C27H30N2O2. The summed E-state index contributed by atoms with van der Waals surface area (Å²) >= 11 is 0. The van der Waals surface area contributed by atoms with Crippen LogP contribution in [-0.2, 0) is 22.4 Å². The lowest BCUT2D eigenvalue weighted by atomic mass is 9.94. The third kappa shape index (κ3) is 6.29. The lowest BCUT2D eigenvalue weighted by molar-refractivity contribution is -0.127. The summed E-state index contributed by atoms with van der Waals surface area (Å²) in [6.07, 6.45) is 2.03. The molecule has 0 spiro atoms. The number of rotatable bonds is 9.